The van der Waals surface area contributed by atoms with E-state index < -0.39 is 17.0 Å². The molecule has 1 aromatic carbocycles. The fourth-order valence-electron chi connectivity index (χ4n) is 1.68. The molecule has 0 aliphatic carbocycles. The van der Waals surface area contributed by atoms with Crippen molar-refractivity contribution in [1.82, 2.24) is 0 Å². The molecule has 0 N–H and O–H groups in total. The van der Waals surface area contributed by atoms with Gasteiger partial charge in [0.15, 0.2) is 0 Å². The molecule has 0 saturated carbocycles. The highest BCUT2D eigenvalue weighted by atomic mass is 35.5. The maximum Gasteiger partial charge on any atom is 0.129 e. The Balaban J connectivity index is 2.19. The number of benzene rings is 1. The zero-order chi connectivity index (χ0) is 12.4. The Morgan fingerprint density at radius 1 is 1.29 bits per heavy atom. The third kappa shape index (κ3) is 2.67. The molecule has 90 valence electrons. The summed E-state index contributed by atoms with van der Waals surface area (Å²) >= 11 is 6.14. The first kappa shape index (κ1) is 12.1. The zero-order valence-corrected chi connectivity index (χ0v) is 9.97. The van der Waals surface area contributed by atoms with Crippen molar-refractivity contribution >= 4 is 11.6 Å². The van der Waals surface area contributed by atoms with Crippen molar-refractivity contribution in [2.24, 2.45) is 0 Å². The molecule has 1 aromatic heterocycles. The van der Waals surface area contributed by atoms with E-state index in [1.54, 1.807) is 12.3 Å². The minimum atomic E-state index is -0.591. The average molecular weight is 257 g/mol. The van der Waals surface area contributed by atoms with Crippen LogP contribution in [0.3, 0.4) is 0 Å². The van der Waals surface area contributed by atoms with E-state index in [-0.39, 0.29) is 6.42 Å². The van der Waals surface area contributed by atoms with Crippen molar-refractivity contribution in [3.63, 3.8) is 0 Å². The largest absolute Gasteiger partial charge is 0.467 e. The molecule has 0 aliphatic heterocycles. The fourth-order valence-corrected chi connectivity index (χ4v) is 2.07. The number of rotatable bonds is 3. The van der Waals surface area contributed by atoms with E-state index in [9.17, 15) is 8.78 Å². The highest BCUT2D eigenvalue weighted by molar-refractivity contribution is 6.20. The maximum atomic E-state index is 13.4. The minimum Gasteiger partial charge on any atom is -0.467 e. The molecule has 0 amide bonds. The van der Waals surface area contributed by atoms with Crippen LogP contribution in [0.4, 0.5) is 8.78 Å². The summed E-state index contributed by atoms with van der Waals surface area (Å²) in [5, 5.41) is -0.454. The number of halogens is 3. The van der Waals surface area contributed by atoms with Crippen LogP contribution in [0.1, 0.15) is 22.3 Å². The summed E-state index contributed by atoms with van der Waals surface area (Å²) in [5.41, 5.74) is 1.30. The van der Waals surface area contributed by atoms with Gasteiger partial charge < -0.3 is 4.42 Å². The van der Waals surface area contributed by atoms with Crippen LogP contribution in [-0.4, -0.2) is 0 Å². The van der Waals surface area contributed by atoms with Crippen molar-refractivity contribution in [1.29, 1.82) is 0 Å². The third-order valence-corrected chi connectivity index (χ3v) is 2.95. The predicted octanol–water partition coefficient (Wildman–Crippen LogP) is 4.39. The van der Waals surface area contributed by atoms with E-state index in [0.717, 1.165) is 11.6 Å². The second-order valence-corrected chi connectivity index (χ2v) is 4.40. The van der Waals surface area contributed by atoms with Gasteiger partial charge in [0.1, 0.15) is 17.4 Å². The summed E-state index contributed by atoms with van der Waals surface area (Å²) in [7, 11) is 0. The summed E-state index contributed by atoms with van der Waals surface area (Å²) in [6.45, 7) is 1.87. The summed E-state index contributed by atoms with van der Waals surface area (Å²) in [4.78, 5) is 0. The van der Waals surface area contributed by atoms with Crippen molar-refractivity contribution in [3.8, 4) is 0 Å². The molecule has 0 radical (unpaired) electrons. The van der Waals surface area contributed by atoms with E-state index in [2.05, 4.69) is 0 Å². The monoisotopic (exact) mass is 256 g/mol. The Labute approximate surface area is 103 Å². The van der Waals surface area contributed by atoms with E-state index >= 15 is 0 Å². The van der Waals surface area contributed by atoms with Gasteiger partial charge in [-0.25, -0.2) is 8.78 Å². The van der Waals surface area contributed by atoms with E-state index in [0.29, 0.717) is 11.3 Å². The lowest BCUT2D eigenvalue weighted by atomic mass is 10.1. The van der Waals surface area contributed by atoms with Gasteiger partial charge in [0.05, 0.1) is 11.6 Å². The molecule has 1 unspecified atom stereocenters. The summed E-state index contributed by atoms with van der Waals surface area (Å²) in [5.74, 6) is -0.554. The summed E-state index contributed by atoms with van der Waals surface area (Å²) in [6.07, 6.45) is 1.81. The van der Waals surface area contributed by atoms with Gasteiger partial charge in [-0.3, -0.25) is 0 Å². The first-order valence-electron chi connectivity index (χ1n) is 5.20. The van der Waals surface area contributed by atoms with Gasteiger partial charge in [-0.1, -0.05) is 6.07 Å². The third-order valence-electron chi connectivity index (χ3n) is 2.60. The van der Waals surface area contributed by atoms with Gasteiger partial charge in [-0.15, -0.1) is 11.6 Å². The first-order chi connectivity index (χ1) is 8.08. The van der Waals surface area contributed by atoms with Crippen molar-refractivity contribution in [2.75, 3.05) is 0 Å². The number of hydrogen-bond donors (Lipinski definition) is 0. The molecular formula is C13H11ClF2O. The summed E-state index contributed by atoms with van der Waals surface area (Å²) in [6, 6.07) is 5.27. The Bertz CT molecular complexity index is 522. The molecule has 0 fully saturated rings. The highest BCUT2D eigenvalue weighted by Crippen LogP contribution is 2.29. The topological polar surface area (TPSA) is 13.1 Å². The van der Waals surface area contributed by atoms with Gasteiger partial charge in [0.2, 0.25) is 0 Å². The van der Waals surface area contributed by atoms with Crippen LogP contribution in [0.15, 0.2) is 34.9 Å². The highest BCUT2D eigenvalue weighted by Gasteiger charge is 2.17. The Kier molecular flexibility index (Phi) is 3.48. The van der Waals surface area contributed by atoms with Crippen LogP contribution < -0.4 is 0 Å². The lowest BCUT2D eigenvalue weighted by molar-refractivity contribution is 0.495. The maximum absolute atomic E-state index is 13.4. The van der Waals surface area contributed by atoms with Crippen molar-refractivity contribution in [3.05, 3.63) is 59.1 Å². The molecule has 1 atom stereocenters. The summed E-state index contributed by atoms with van der Waals surface area (Å²) < 4.78 is 31.4. The van der Waals surface area contributed by atoms with Crippen LogP contribution in [0, 0.1) is 18.6 Å². The van der Waals surface area contributed by atoms with Gasteiger partial charge in [0, 0.05) is 6.07 Å². The molecule has 17 heavy (non-hydrogen) atoms. The van der Waals surface area contributed by atoms with Gasteiger partial charge in [-0.2, -0.15) is 0 Å². The number of aryl methyl sites for hydroxylation is 1. The standard InChI is InChI=1S/C13H11ClF2O/c1-8-4-5-17-13(8)11(14)6-9-2-3-10(15)7-12(9)16/h2-5,7,11H,6H2,1H3. The normalized spacial score (nSPS) is 12.7. The van der Waals surface area contributed by atoms with Gasteiger partial charge in [-0.05, 0) is 36.6 Å². The molecule has 1 nitrogen and oxygen atoms in total. The van der Waals surface area contributed by atoms with Crippen molar-refractivity contribution < 1.29 is 13.2 Å². The van der Waals surface area contributed by atoms with Crippen LogP contribution >= 0.6 is 11.6 Å². The SMILES string of the molecule is Cc1ccoc1C(Cl)Cc1ccc(F)cc1F. The van der Waals surface area contributed by atoms with E-state index in [1.165, 1.54) is 12.1 Å². The lowest BCUT2D eigenvalue weighted by Crippen LogP contribution is -1.99. The fraction of sp³-hybridized carbons (Fsp3) is 0.231. The minimum absolute atomic E-state index is 0.266. The molecule has 2 aromatic rings. The molecule has 0 spiro atoms. The quantitative estimate of drug-likeness (QED) is 0.743. The molecule has 2 rings (SSSR count). The zero-order valence-electron chi connectivity index (χ0n) is 9.21. The Morgan fingerprint density at radius 3 is 2.65 bits per heavy atom. The number of hydrogen-bond acceptors (Lipinski definition) is 1. The van der Waals surface area contributed by atoms with Gasteiger partial charge >= 0.3 is 0 Å². The Hall–Kier alpha value is -1.35. The second-order valence-electron chi connectivity index (χ2n) is 3.88. The van der Waals surface area contributed by atoms with Crippen LogP contribution in [0.25, 0.3) is 0 Å². The van der Waals surface area contributed by atoms with Crippen molar-refractivity contribution in [2.45, 2.75) is 18.7 Å². The molecule has 0 saturated heterocycles. The lowest BCUT2D eigenvalue weighted by Gasteiger charge is -2.09. The number of alkyl halides is 1. The van der Waals surface area contributed by atoms with E-state index in [4.69, 9.17) is 16.0 Å². The van der Waals surface area contributed by atoms with Crippen LogP contribution in [0.2, 0.25) is 0 Å². The van der Waals surface area contributed by atoms with Crippen LogP contribution in [-0.2, 0) is 6.42 Å². The Morgan fingerprint density at radius 2 is 2.06 bits per heavy atom. The smallest absolute Gasteiger partial charge is 0.129 e. The van der Waals surface area contributed by atoms with E-state index in [1.807, 2.05) is 6.92 Å². The predicted molar refractivity (Wildman–Crippen MR) is 62.1 cm³/mol. The molecular weight excluding hydrogens is 246 g/mol. The molecule has 4 heteroatoms. The second kappa shape index (κ2) is 4.88. The molecule has 0 bridgehead atoms. The van der Waals surface area contributed by atoms with Crippen LogP contribution in [0.5, 0.6) is 0 Å². The molecule has 0 aliphatic rings. The molecule has 1 heterocycles. The number of furan rings is 1. The average Bonchev–Trinajstić information content (AvgIpc) is 2.68. The first-order valence-corrected chi connectivity index (χ1v) is 5.63. The van der Waals surface area contributed by atoms with Gasteiger partial charge in [0.25, 0.3) is 0 Å².